The molecule has 0 amide bonds. The zero-order chi connectivity index (χ0) is 11.2. The predicted octanol–water partition coefficient (Wildman–Crippen LogP) is 2.72. The number of carbonyl (C=O) groups is 1. The Labute approximate surface area is 89.7 Å². The Morgan fingerprint density at radius 2 is 2.13 bits per heavy atom. The van der Waals surface area contributed by atoms with Crippen LogP contribution in [0.5, 0.6) is 0 Å². The second kappa shape index (κ2) is 3.40. The quantitative estimate of drug-likeness (QED) is 0.828. The summed E-state index contributed by atoms with van der Waals surface area (Å²) in [5, 5.41) is 9.20. The third-order valence-electron chi connectivity index (χ3n) is 3.11. The summed E-state index contributed by atoms with van der Waals surface area (Å²) in [6.07, 6.45) is 2.28. The standard InChI is InChI=1S/C12H17NO2/c1-7(2)10-6-9(8-4-5-8)11(12(14)15)13(10)3/h6-8H,4-5H2,1-3H3,(H,14,15). The van der Waals surface area contributed by atoms with E-state index in [2.05, 4.69) is 19.9 Å². The first kappa shape index (κ1) is 10.3. The fourth-order valence-electron chi connectivity index (χ4n) is 2.17. The number of carboxylic acid groups (broad SMARTS) is 1. The minimum atomic E-state index is -0.800. The molecule has 0 aliphatic heterocycles. The van der Waals surface area contributed by atoms with E-state index in [1.807, 2.05) is 11.6 Å². The summed E-state index contributed by atoms with van der Waals surface area (Å²) in [5.41, 5.74) is 2.64. The van der Waals surface area contributed by atoms with Gasteiger partial charge in [-0.15, -0.1) is 0 Å². The zero-order valence-electron chi connectivity index (χ0n) is 9.45. The van der Waals surface area contributed by atoms with Crippen molar-refractivity contribution in [3.05, 3.63) is 23.0 Å². The number of nitrogens with zero attached hydrogens (tertiary/aromatic N) is 1. The van der Waals surface area contributed by atoms with E-state index in [1.165, 1.54) is 0 Å². The van der Waals surface area contributed by atoms with Gasteiger partial charge in [-0.05, 0) is 36.3 Å². The Kier molecular flexibility index (Phi) is 2.33. The lowest BCUT2D eigenvalue weighted by Gasteiger charge is -2.07. The Morgan fingerprint density at radius 1 is 1.53 bits per heavy atom. The van der Waals surface area contributed by atoms with Crippen molar-refractivity contribution in [3.63, 3.8) is 0 Å². The summed E-state index contributed by atoms with van der Waals surface area (Å²) in [7, 11) is 1.85. The Balaban J connectivity index is 2.53. The summed E-state index contributed by atoms with van der Waals surface area (Å²) in [4.78, 5) is 11.2. The molecule has 0 radical (unpaired) electrons. The van der Waals surface area contributed by atoms with Gasteiger partial charge < -0.3 is 9.67 Å². The van der Waals surface area contributed by atoms with E-state index in [0.717, 1.165) is 24.1 Å². The predicted molar refractivity (Wildman–Crippen MR) is 58.4 cm³/mol. The topological polar surface area (TPSA) is 42.2 Å². The minimum absolute atomic E-state index is 0.376. The van der Waals surface area contributed by atoms with Gasteiger partial charge >= 0.3 is 5.97 Å². The molecule has 0 spiro atoms. The van der Waals surface area contributed by atoms with Crippen LogP contribution in [-0.2, 0) is 7.05 Å². The van der Waals surface area contributed by atoms with E-state index >= 15 is 0 Å². The van der Waals surface area contributed by atoms with Crippen molar-refractivity contribution in [3.8, 4) is 0 Å². The maximum Gasteiger partial charge on any atom is 0.352 e. The van der Waals surface area contributed by atoms with Crippen LogP contribution in [-0.4, -0.2) is 15.6 Å². The maximum atomic E-state index is 11.2. The van der Waals surface area contributed by atoms with Gasteiger partial charge in [0.2, 0.25) is 0 Å². The van der Waals surface area contributed by atoms with E-state index in [1.54, 1.807) is 0 Å². The first-order valence-corrected chi connectivity index (χ1v) is 5.45. The number of aromatic carboxylic acids is 1. The molecular formula is C12H17NO2. The lowest BCUT2D eigenvalue weighted by atomic mass is 10.1. The van der Waals surface area contributed by atoms with Crippen LogP contribution in [0.3, 0.4) is 0 Å². The second-order valence-electron chi connectivity index (χ2n) is 4.67. The van der Waals surface area contributed by atoms with Crippen molar-refractivity contribution >= 4 is 5.97 Å². The fourth-order valence-corrected chi connectivity index (χ4v) is 2.17. The first-order chi connectivity index (χ1) is 7.02. The lowest BCUT2D eigenvalue weighted by molar-refractivity contribution is 0.0685. The zero-order valence-corrected chi connectivity index (χ0v) is 9.45. The lowest BCUT2D eigenvalue weighted by Crippen LogP contribution is -2.09. The molecule has 1 heterocycles. The summed E-state index contributed by atoms with van der Waals surface area (Å²) in [5.74, 6) is 0.0710. The normalized spacial score (nSPS) is 16.0. The van der Waals surface area contributed by atoms with Crippen LogP contribution in [0.15, 0.2) is 6.07 Å². The molecule has 1 aliphatic rings. The molecule has 0 bridgehead atoms. The van der Waals surface area contributed by atoms with Crippen LogP contribution in [0.1, 0.15) is 60.3 Å². The second-order valence-corrected chi connectivity index (χ2v) is 4.67. The molecule has 1 aliphatic carbocycles. The molecule has 2 rings (SSSR count). The number of rotatable bonds is 3. The molecule has 3 nitrogen and oxygen atoms in total. The van der Waals surface area contributed by atoms with Gasteiger partial charge in [0, 0.05) is 12.7 Å². The summed E-state index contributed by atoms with van der Waals surface area (Å²) in [6, 6.07) is 2.08. The average Bonchev–Trinajstić information content (AvgIpc) is 2.89. The van der Waals surface area contributed by atoms with Crippen molar-refractivity contribution in [2.24, 2.45) is 7.05 Å². The van der Waals surface area contributed by atoms with Gasteiger partial charge in [0.15, 0.2) is 0 Å². The Morgan fingerprint density at radius 3 is 2.53 bits per heavy atom. The van der Waals surface area contributed by atoms with Gasteiger partial charge in [0.25, 0.3) is 0 Å². The highest BCUT2D eigenvalue weighted by Gasteiger charge is 2.31. The highest BCUT2D eigenvalue weighted by Crippen LogP contribution is 2.43. The van der Waals surface area contributed by atoms with Gasteiger partial charge in [-0.3, -0.25) is 0 Å². The van der Waals surface area contributed by atoms with E-state index in [0.29, 0.717) is 17.5 Å². The van der Waals surface area contributed by atoms with Gasteiger partial charge in [0.1, 0.15) is 5.69 Å². The molecule has 0 atom stereocenters. The first-order valence-electron chi connectivity index (χ1n) is 5.45. The van der Waals surface area contributed by atoms with E-state index in [4.69, 9.17) is 0 Å². The van der Waals surface area contributed by atoms with Crippen LogP contribution in [0, 0.1) is 0 Å². The monoisotopic (exact) mass is 207 g/mol. The highest BCUT2D eigenvalue weighted by atomic mass is 16.4. The number of carboxylic acids is 1. The van der Waals surface area contributed by atoms with E-state index in [9.17, 15) is 9.90 Å². The van der Waals surface area contributed by atoms with Crippen LogP contribution in [0.25, 0.3) is 0 Å². The van der Waals surface area contributed by atoms with Crippen LogP contribution in [0.4, 0.5) is 0 Å². The van der Waals surface area contributed by atoms with Crippen LogP contribution in [0.2, 0.25) is 0 Å². The molecular weight excluding hydrogens is 190 g/mol. The number of hydrogen-bond donors (Lipinski definition) is 1. The molecule has 1 N–H and O–H groups in total. The molecule has 0 unspecified atom stereocenters. The maximum absolute atomic E-state index is 11.2. The van der Waals surface area contributed by atoms with Crippen molar-refractivity contribution in [2.75, 3.05) is 0 Å². The van der Waals surface area contributed by atoms with Crippen molar-refractivity contribution < 1.29 is 9.90 Å². The highest BCUT2D eigenvalue weighted by molar-refractivity contribution is 5.88. The van der Waals surface area contributed by atoms with Gasteiger partial charge in [-0.25, -0.2) is 4.79 Å². The van der Waals surface area contributed by atoms with Gasteiger partial charge in [-0.2, -0.15) is 0 Å². The molecule has 1 saturated carbocycles. The number of aromatic nitrogens is 1. The summed E-state index contributed by atoms with van der Waals surface area (Å²) in [6.45, 7) is 4.19. The molecule has 1 aromatic rings. The molecule has 0 aromatic carbocycles. The van der Waals surface area contributed by atoms with Crippen molar-refractivity contribution in [1.82, 2.24) is 4.57 Å². The Bertz CT molecular complexity index is 400. The Hall–Kier alpha value is -1.25. The van der Waals surface area contributed by atoms with E-state index in [-0.39, 0.29) is 0 Å². The van der Waals surface area contributed by atoms with Crippen LogP contribution < -0.4 is 0 Å². The third kappa shape index (κ3) is 1.66. The van der Waals surface area contributed by atoms with Crippen molar-refractivity contribution in [2.45, 2.75) is 38.5 Å². The summed E-state index contributed by atoms with van der Waals surface area (Å²) < 4.78 is 1.83. The third-order valence-corrected chi connectivity index (χ3v) is 3.11. The molecule has 1 fully saturated rings. The van der Waals surface area contributed by atoms with Gasteiger partial charge in [-0.1, -0.05) is 13.8 Å². The molecule has 3 heteroatoms. The molecule has 1 aromatic heterocycles. The van der Waals surface area contributed by atoms with Gasteiger partial charge in [0.05, 0.1) is 0 Å². The van der Waals surface area contributed by atoms with E-state index < -0.39 is 5.97 Å². The SMILES string of the molecule is CC(C)c1cc(C2CC2)c(C(=O)O)n1C. The molecule has 82 valence electrons. The molecule has 15 heavy (non-hydrogen) atoms. The fraction of sp³-hybridized carbons (Fsp3) is 0.583. The largest absolute Gasteiger partial charge is 0.477 e. The average molecular weight is 207 g/mol. The molecule has 0 saturated heterocycles. The smallest absolute Gasteiger partial charge is 0.352 e. The van der Waals surface area contributed by atoms with Crippen LogP contribution >= 0.6 is 0 Å². The van der Waals surface area contributed by atoms with Crippen molar-refractivity contribution in [1.29, 1.82) is 0 Å². The minimum Gasteiger partial charge on any atom is -0.477 e. The number of hydrogen-bond acceptors (Lipinski definition) is 1. The summed E-state index contributed by atoms with van der Waals surface area (Å²) >= 11 is 0.